The van der Waals surface area contributed by atoms with E-state index in [9.17, 15) is 13.2 Å². The molecular weight excluding hydrogens is 239 g/mol. The SMILES string of the molecule is FC(F)(F)Oc1ccc(C=NCC=S)cc1. The molecule has 86 valence electrons. The van der Waals surface area contributed by atoms with E-state index in [0.29, 0.717) is 12.1 Å². The number of hydrogen-bond donors (Lipinski definition) is 0. The number of aliphatic imine (C=N–C) groups is 1. The quantitative estimate of drug-likeness (QED) is 0.602. The Morgan fingerprint density at radius 1 is 1.25 bits per heavy atom. The molecule has 0 aliphatic rings. The number of nitrogens with zero attached hydrogens (tertiary/aromatic N) is 1. The van der Waals surface area contributed by atoms with Crippen molar-refractivity contribution >= 4 is 23.8 Å². The first-order valence-electron chi connectivity index (χ1n) is 4.30. The first-order valence-corrected chi connectivity index (χ1v) is 4.78. The molecule has 0 saturated carbocycles. The van der Waals surface area contributed by atoms with Crippen LogP contribution in [0.1, 0.15) is 5.56 Å². The summed E-state index contributed by atoms with van der Waals surface area (Å²) in [5, 5.41) is 1.46. The summed E-state index contributed by atoms with van der Waals surface area (Å²) in [7, 11) is 0. The molecule has 0 atom stereocenters. The average molecular weight is 247 g/mol. The minimum absolute atomic E-state index is 0.250. The third-order valence-electron chi connectivity index (χ3n) is 1.53. The highest BCUT2D eigenvalue weighted by atomic mass is 32.1. The lowest BCUT2D eigenvalue weighted by Gasteiger charge is -2.08. The summed E-state index contributed by atoms with van der Waals surface area (Å²) in [5.74, 6) is -0.250. The van der Waals surface area contributed by atoms with Crippen LogP contribution in [0.2, 0.25) is 0 Å². The summed E-state index contributed by atoms with van der Waals surface area (Å²) in [4.78, 5) is 3.92. The lowest BCUT2D eigenvalue weighted by molar-refractivity contribution is -0.274. The molecule has 0 heterocycles. The van der Waals surface area contributed by atoms with Crippen LogP contribution < -0.4 is 4.74 Å². The first kappa shape index (κ1) is 12.6. The maximum Gasteiger partial charge on any atom is 0.573 e. The predicted octanol–water partition coefficient (Wildman–Crippen LogP) is 3.00. The average Bonchev–Trinajstić information content (AvgIpc) is 2.19. The van der Waals surface area contributed by atoms with E-state index in [1.54, 1.807) is 0 Å². The fourth-order valence-electron chi connectivity index (χ4n) is 0.957. The van der Waals surface area contributed by atoms with Gasteiger partial charge in [-0.15, -0.1) is 13.2 Å². The van der Waals surface area contributed by atoms with Gasteiger partial charge in [-0.1, -0.05) is 12.2 Å². The normalized spacial score (nSPS) is 11.7. The standard InChI is InChI=1S/C10H8F3NOS/c11-10(12,13)15-9-3-1-8(2-4-9)7-14-5-6-16/h1-4,6-7H,5H2. The van der Waals surface area contributed by atoms with Crippen molar-refractivity contribution in [1.29, 1.82) is 0 Å². The zero-order valence-electron chi connectivity index (χ0n) is 8.07. The van der Waals surface area contributed by atoms with Gasteiger partial charge in [-0.05, 0) is 29.8 Å². The van der Waals surface area contributed by atoms with Crippen molar-refractivity contribution in [2.45, 2.75) is 6.36 Å². The van der Waals surface area contributed by atoms with E-state index in [4.69, 9.17) is 0 Å². The van der Waals surface area contributed by atoms with E-state index in [0.717, 1.165) is 0 Å². The maximum absolute atomic E-state index is 11.8. The molecule has 0 saturated heterocycles. The number of halogens is 3. The molecule has 0 aliphatic carbocycles. The summed E-state index contributed by atoms with van der Waals surface area (Å²) in [6.45, 7) is 0.399. The Labute approximate surface area is 95.8 Å². The van der Waals surface area contributed by atoms with Crippen molar-refractivity contribution in [1.82, 2.24) is 0 Å². The Kier molecular flexibility index (Phi) is 4.42. The van der Waals surface area contributed by atoms with E-state index in [-0.39, 0.29) is 5.75 Å². The largest absolute Gasteiger partial charge is 0.573 e. The summed E-state index contributed by atoms with van der Waals surface area (Å²) in [6.07, 6.45) is -3.13. The Bertz CT molecular complexity index is 373. The van der Waals surface area contributed by atoms with Gasteiger partial charge in [-0.2, -0.15) is 0 Å². The van der Waals surface area contributed by atoms with Crippen molar-refractivity contribution in [3.8, 4) is 5.75 Å². The maximum atomic E-state index is 11.8. The molecule has 2 nitrogen and oxygen atoms in total. The predicted molar refractivity (Wildman–Crippen MR) is 59.2 cm³/mol. The Balaban J connectivity index is 2.64. The van der Waals surface area contributed by atoms with Gasteiger partial charge < -0.3 is 4.74 Å². The van der Waals surface area contributed by atoms with Crippen LogP contribution in [0.25, 0.3) is 0 Å². The van der Waals surface area contributed by atoms with Crippen LogP contribution in [0.15, 0.2) is 29.3 Å². The molecule has 6 heteroatoms. The summed E-state index contributed by atoms with van der Waals surface area (Å²) >= 11 is 4.56. The second kappa shape index (κ2) is 5.60. The molecule has 0 aliphatic heterocycles. The Morgan fingerprint density at radius 2 is 1.88 bits per heavy atom. The zero-order chi connectivity index (χ0) is 12.0. The molecule has 0 radical (unpaired) electrons. The van der Waals surface area contributed by atoms with Crippen LogP contribution in [-0.2, 0) is 0 Å². The molecule has 0 unspecified atom stereocenters. The van der Waals surface area contributed by atoms with Crippen molar-refractivity contribution in [3.05, 3.63) is 29.8 Å². The smallest absolute Gasteiger partial charge is 0.406 e. The summed E-state index contributed by atoms with van der Waals surface area (Å²) < 4.78 is 39.2. The number of hydrogen-bond acceptors (Lipinski definition) is 3. The summed E-state index contributed by atoms with van der Waals surface area (Å²) in [6, 6.07) is 5.42. The van der Waals surface area contributed by atoms with Crippen LogP contribution in [0.5, 0.6) is 5.75 Å². The van der Waals surface area contributed by atoms with Gasteiger partial charge in [0.2, 0.25) is 0 Å². The Morgan fingerprint density at radius 3 is 2.38 bits per heavy atom. The van der Waals surface area contributed by atoms with E-state index in [1.807, 2.05) is 0 Å². The van der Waals surface area contributed by atoms with Gasteiger partial charge in [-0.3, -0.25) is 4.99 Å². The number of rotatable bonds is 4. The van der Waals surface area contributed by atoms with Gasteiger partial charge in [0.25, 0.3) is 0 Å². The van der Waals surface area contributed by atoms with Crippen LogP contribution in [0.3, 0.4) is 0 Å². The number of benzene rings is 1. The molecule has 0 N–H and O–H groups in total. The van der Waals surface area contributed by atoms with Crippen LogP contribution in [0, 0.1) is 0 Å². The highest BCUT2D eigenvalue weighted by Crippen LogP contribution is 2.22. The lowest BCUT2D eigenvalue weighted by atomic mass is 10.2. The fourth-order valence-corrected chi connectivity index (χ4v) is 1.04. The van der Waals surface area contributed by atoms with E-state index < -0.39 is 6.36 Å². The van der Waals surface area contributed by atoms with Gasteiger partial charge in [0.15, 0.2) is 0 Å². The Hall–Kier alpha value is -1.43. The lowest BCUT2D eigenvalue weighted by Crippen LogP contribution is -2.16. The van der Waals surface area contributed by atoms with E-state index >= 15 is 0 Å². The van der Waals surface area contributed by atoms with Crippen LogP contribution in [0.4, 0.5) is 13.2 Å². The molecule has 0 spiro atoms. The van der Waals surface area contributed by atoms with Crippen LogP contribution >= 0.6 is 12.2 Å². The second-order valence-corrected chi connectivity index (χ2v) is 3.11. The topological polar surface area (TPSA) is 21.6 Å². The van der Waals surface area contributed by atoms with Crippen molar-refractivity contribution in [3.63, 3.8) is 0 Å². The second-order valence-electron chi connectivity index (χ2n) is 2.78. The van der Waals surface area contributed by atoms with E-state index in [2.05, 4.69) is 21.9 Å². The molecule has 1 rings (SSSR count). The molecule has 0 aromatic heterocycles. The third kappa shape index (κ3) is 4.88. The van der Waals surface area contributed by atoms with Crippen molar-refractivity contribution in [2.75, 3.05) is 6.54 Å². The minimum atomic E-state index is -4.66. The van der Waals surface area contributed by atoms with E-state index in [1.165, 1.54) is 35.8 Å². The number of ether oxygens (including phenoxy) is 1. The number of thiocarbonyl (C=S) groups is 1. The number of alkyl halides is 3. The zero-order valence-corrected chi connectivity index (χ0v) is 8.89. The van der Waals surface area contributed by atoms with Crippen LogP contribution in [-0.4, -0.2) is 24.5 Å². The van der Waals surface area contributed by atoms with Gasteiger partial charge in [0.1, 0.15) is 5.75 Å². The molecule has 0 amide bonds. The van der Waals surface area contributed by atoms with Gasteiger partial charge in [-0.25, -0.2) is 0 Å². The fraction of sp³-hybridized carbons (Fsp3) is 0.200. The highest BCUT2D eigenvalue weighted by Gasteiger charge is 2.30. The molecule has 0 fully saturated rings. The molecule has 16 heavy (non-hydrogen) atoms. The summed E-state index contributed by atoms with van der Waals surface area (Å²) in [5.41, 5.74) is 0.686. The minimum Gasteiger partial charge on any atom is -0.406 e. The van der Waals surface area contributed by atoms with Gasteiger partial charge in [0, 0.05) is 11.6 Å². The van der Waals surface area contributed by atoms with Crippen molar-refractivity contribution in [2.24, 2.45) is 4.99 Å². The monoisotopic (exact) mass is 247 g/mol. The molecule has 1 aromatic rings. The van der Waals surface area contributed by atoms with Crippen molar-refractivity contribution < 1.29 is 17.9 Å². The third-order valence-corrected chi connectivity index (χ3v) is 1.68. The highest BCUT2D eigenvalue weighted by molar-refractivity contribution is 7.79. The molecular formula is C10H8F3NOS. The molecule has 0 bridgehead atoms. The molecule has 1 aromatic carbocycles. The van der Waals surface area contributed by atoms with Gasteiger partial charge >= 0.3 is 6.36 Å². The van der Waals surface area contributed by atoms with Gasteiger partial charge in [0.05, 0.1) is 6.54 Å². The first-order chi connectivity index (χ1) is 7.51.